The van der Waals surface area contributed by atoms with Crippen LogP contribution < -0.4 is 16.6 Å². The fraction of sp³-hybridized carbons (Fsp3) is 0.214. The van der Waals surface area contributed by atoms with Gasteiger partial charge in [-0.05, 0) is 24.1 Å². The summed E-state index contributed by atoms with van der Waals surface area (Å²) in [6.45, 7) is 0.727. The molecule has 0 spiro atoms. The number of fused-ring (bicyclic) bond motifs is 1. The second-order valence-electron chi connectivity index (χ2n) is 4.89. The highest BCUT2D eigenvalue weighted by atomic mass is 16.1. The van der Waals surface area contributed by atoms with Crippen molar-refractivity contribution in [3.63, 3.8) is 0 Å². The summed E-state index contributed by atoms with van der Waals surface area (Å²) in [5, 5.41) is 7.89. The van der Waals surface area contributed by atoms with Gasteiger partial charge in [0.2, 0.25) is 0 Å². The molecule has 0 saturated heterocycles. The standard InChI is InChI=1S/C14H16N6O/c1-20-7-9(6-19-20)2-3-16-13-5-12-10(4-11(13)15)14(21)18-8-17-12/h4-8,16H,2-3,15H2,1H3,(H,17,18,21). The first kappa shape index (κ1) is 13.2. The summed E-state index contributed by atoms with van der Waals surface area (Å²) in [5.41, 5.74) is 8.88. The van der Waals surface area contributed by atoms with E-state index in [4.69, 9.17) is 5.73 Å². The average molecular weight is 284 g/mol. The van der Waals surface area contributed by atoms with Gasteiger partial charge < -0.3 is 16.0 Å². The molecule has 0 unspecified atom stereocenters. The van der Waals surface area contributed by atoms with Crippen molar-refractivity contribution in [1.29, 1.82) is 0 Å². The van der Waals surface area contributed by atoms with Gasteiger partial charge in [0.1, 0.15) is 0 Å². The molecule has 0 radical (unpaired) electrons. The van der Waals surface area contributed by atoms with Crippen molar-refractivity contribution in [2.45, 2.75) is 6.42 Å². The van der Waals surface area contributed by atoms with Crippen molar-refractivity contribution in [2.24, 2.45) is 7.05 Å². The van der Waals surface area contributed by atoms with Crippen molar-refractivity contribution >= 4 is 22.3 Å². The lowest BCUT2D eigenvalue weighted by Gasteiger charge is -2.09. The lowest BCUT2D eigenvalue weighted by Crippen LogP contribution is -2.10. The second-order valence-corrected chi connectivity index (χ2v) is 4.89. The van der Waals surface area contributed by atoms with E-state index < -0.39 is 0 Å². The first-order chi connectivity index (χ1) is 10.1. The Morgan fingerprint density at radius 2 is 2.29 bits per heavy atom. The van der Waals surface area contributed by atoms with Crippen LogP contribution in [0.15, 0.2) is 35.6 Å². The van der Waals surface area contributed by atoms with Gasteiger partial charge in [0.25, 0.3) is 5.56 Å². The first-order valence-electron chi connectivity index (χ1n) is 6.62. The van der Waals surface area contributed by atoms with E-state index >= 15 is 0 Å². The number of rotatable bonds is 4. The predicted molar refractivity (Wildman–Crippen MR) is 82.2 cm³/mol. The molecule has 0 amide bonds. The lowest BCUT2D eigenvalue weighted by atomic mass is 10.2. The number of nitrogen functional groups attached to an aromatic ring is 1. The lowest BCUT2D eigenvalue weighted by molar-refractivity contribution is 0.767. The number of hydrogen-bond donors (Lipinski definition) is 3. The molecule has 0 aliphatic rings. The number of aromatic amines is 1. The highest BCUT2D eigenvalue weighted by Crippen LogP contribution is 2.22. The molecule has 3 rings (SSSR count). The van der Waals surface area contributed by atoms with Crippen LogP contribution in [0.5, 0.6) is 0 Å². The van der Waals surface area contributed by atoms with E-state index in [1.807, 2.05) is 19.4 Å². The van der Waals surface area contributed by atoms with Crippen LogP contribution in [0.2, 0.25) is 0 Å². The van der Waals surface area contributed by atoms with E-state index in [0.29, 0.717) is 16.6 Å². The maximum Gasteiger partial charge on any atom is 0.258 e. The highest BCUT2D eigenvalue weighted by molar-refractivity contribution is 5.88. The van der Waals surface area contributed by atoms with E-state index in [2.05, 4.69) is 20.4 Å². The molecule has 3 aromatic rings. The van der Waals surface area contributed by atoms with Crippen molar-refractivity contribution in [2.75, 3.05) is 17.6 Å². The van der Waals surface area contributed by atoms with Gasteiger partial charge in [0, 0.05) is 19.8 Å². The van der Waals surface area contributed by atoms with Crippen LogP contribution in [0.3, 0.4) is 0 Å². The number of nitrogens with one attached hydrogen (secondary N) is 2. The number of nitrogens with two attached hydrogens (primary N) is 1. The number of anilines is 2. The zero-order valence-corrected chi connectivity index (χ0v) is 11.6. The molecule has 108 valence electrons. The van der Waals surface area contributed by atoms with Crippen LogP contribution in [0, 0.1) is 0 Å². The van der Waals surface area contributed by atoms with Gasteiger partial charge in [-0.2, -0.15) is 5.10 Å². The van der Waals surface area contributed by atoms with E-state index in [9.17, 15) is 4.79 Å². The smallest absolute Gasteiger partial charge is 0.258 e. The van der Waals surface area contributed by atoms with E-state index in [-0.39, 0.29) is 5.56 Å². The number of benzene rings is 1. The van der Waals surface area contributed by atoms with Crippen LogP contribution >= 0.6 is 0 Å². The van der Waals surface area contributed by atoms with Gasteiger partial charge in [0.15, 0.2) is 0 Å². The van der Waals surface area contributed by atoms with E-state index in [1.54, 1.807) is 16.8 Å². The topological polar surface area (TPSA) is 102 Å². The Morgan fingerprint density at radius 1 is 1.43 bits per heavy atom. The maximum absolute atomic E-state index is 11.7. The average Bonchev–Trinajstić information content (AvgIpc) is 2.86. The van der Waals surface area contributed by atoms with Crippen LogP contribution in [0.25, 0.3) is 10.9 Å². The quantitative estimate of drug-likeness (QED) is 0.618. The van der Waals surface area contributed by atoms with E-state index in [1.165, 1.54) is 6.33 Å². The first-order valence-corrected chi connectivity index (χ1v) is 6.62. The fourth-order valence-electron chi connectivity index (χ4n) is 2.23. The number of nitrogens with zero attached hydrogens (tertiary/aromatic N) is 3. The van der Waals surface area contributed by atoms with Crippen LogP contribution in [0.4, 0.5) is 11.4 Å². The predicted octanol–water partition coefficient (Wildman–Crippen LogP) is 0.893. The number of aromatic nitrogens is 4. The SMILES string of the molecule is Cn1cc(CCNc2cc3nc[nH]c(=O)c3cc2N)cn1. The summed E-state index contributed by atoms with van der Waals surface area (Å²) in [4.78, 5) is 18.3. The molecule has 21 heavy (non-hydrogen) atoms. The van der Waals surface area contributed by atoms with Crippen LogP contribution in [0.1, 0.15) is 5.56 Å². The summed E-state index contributed by atoms with van der Waals surface area (Å²) >= 11 is 0. The minimum atomic E-state index is -0.186. The van der Waals surface area contributed by atoms with Gasteiger partial charge in [-0.1, -0.05) is 0 Å². The number of aryl methyl sites for hydroxylation is 1. The molecule has 1 aromatic carbocycles. The van der Waals surface area contributed by atoms with Gasteiger partial charge in [-0.15, -0.1) is 0 Å². The van der Waals surface area contributed by atoms with Crippen LogP contribution in [-0.2, 0) is 13.5 Å². The van der Waals surface area contributed by atoms with E-state index in [0.717, 1.165) is 24.2 Å². The zero-order chi connectivity index (χ0) is 14.8. The van der Waals surface area contributed by atoms with Crippen molar-refractivity contribution < 1.29 is 0 Å². The monoisotopic (exact) mass is 284 g/mol. The van der Waals surface area contributed by atoms with Gasteiger partial charge in [-0.25, -0.2) is 4.98 Å². The molecule has 0 aliphatic carbocycles. The Balaban J connectivity index is 1.77. The molecule has 0 bridgehead atoms. The number of H-pyrrole nitrogens is 1. The summed E-state index contributed by atoms with van der Waals surface area (Å²) in [6.07, 6.45) is 6.05. The Kier molecular flexibility index (Phi) is 3.31. The Morgan fingerprint density at radius 3 is 3.05 bits per heavy atom. The molecule has 2 heterocycles. The molecule has 4 N–H and O–H groups in total. The van der Waals surface area contributed by atoms with Crippen molar-refractivity contribution in [1.82, 2.24) is 19.7 Å². The second kappa shape index (κ2) is 5.28. The van der Waals surface area contributed by atoms with Crippen molar-refractivity contribution in [3.8, 4) is 0 Å². The molecule has 0 atom stereocenters. The minimum absolute atomic E-state index is 0.186. The molecule has 0 saturated carbocycles. The molecule has 0 fully saturated rings. The molecule has 2 aromatic heterocycles. The minimum Gasteiger partial charge on any atom is -0.397 e. The summed E-state index contributed by atoms with van der Waals surface area (Å²) in [7, 11) is 1.89. The third kappa shape index (κ3) is 2.71. The molecule has 7 nitrogen and oxygen atoms in total. The number of hydrogen-bond acceptors (Lipinski definition) is 5. The molecular weight excluding hydrogens is 268 g/mol. The fourth-order valence-corrected chi connectivity index (χ4v) is 2.23. The maximum atomic E-state index is 11.7. The largest absolute Gasteiger partial charge is 0.397 e. The molecule has 0 aliphatic heterocycles. The Bertz CT molecular complexity index is 835. The summed E-state index contributed by atoms with van der Waals surface area (Å²) in [5.74, 6) is 0. The third-order valence-corrected chi connectivity index (χ3v) is 3.30. The summed E-state index contributed by atoms with van der Waals surface area (Å²) in [6, 6.07) is 3.44. The normalized spacial score (nSPS) is 10.9. The zero-order valence-electron chi connectivity index (χ0n) is 11.6. The van der Waals surface area contributed by atoms with Crippen molar-refractivity contribution in [3.05, 3.63) is 46.8 Å². The van der Waals surface area contributed by atoms with Gasteiger partial charge in [-0.3, -0.25) is 9.48 Å². The Hall–Kier alpha value is -2.83. The molecule has 7 heteroatoms. The molecular formula is C14H16N6O. The van der Waals surface area contributed by atoms with Gasteiger partial charge in [0.05, 0.1) is 34.8 Å². The third-order valence-electron chi connectivity index (χ3n) is 3.30. The van der Waals surface area contributed by atoms with Gasteiger partial charge >= 0.3 is 0 Å². The Labute approximate surface area is 120 Å². The summed E-state index contributed by atoms with van der Waals surface area (Å²) < 4.78 is 1.77. The van der Waals surface area contributed by atoms with Crippen LogP contribution in [-0.4, -0.2) is 26.3 Å². The highest BCUT2D eigenvalue weighted by Gasteiger charge is 2.06.